The Labute approximate surface area is 183 Å². The van der Waals surface area contributed by atoms with Crippen LogP contribution in [0.25, 0.3) is 0 Å². The van der Waals surface area contributed by atoms with Gasteiger partial charge in [-0.2, -0.15) is 30.9 Å². The molecule has 0 aliphatic carbocycles. The number of aromatic nitrogens is 1. The molecule has 0 spiro atoms. The molecule has 0 saturated carbocycles. The first-order valence-corrected chi connectivity index (χ1v) is 11.2. The number of benzene rings is 1. The van der Waals surface area contributed by atoms with Crippen LogP contribution in [0.2, 0.25) is 0 Å². The SMILES string of the molecule is COC1CCCN(S(=O)(=O)NC(=O)c2coc(Nc3cc(C(F)(F)F)ccc3C)n2)CC1. The smallest absolute Gasteiger partial charge is 0.416 e. The van der Waals surface area contributed by atoms with Crippen molar-refractivity contribution in [3.05, 3.63) is 41.3 Å². The number of oxazole rings is 1. The first-order valence-electron chi connectivity index (χ1n) is 9.75. The first kappa shape index (κ1) is 24.0. The number of carbonyl (C=O) groups is 1. The van der Waals surface area contributed by atoms with Crippen LogP contribution in [0, 0.1) is 6.92 Å². The Bertz CT molecular complexity index is 1070. The Morgan fingerprint density at radius 2 is 2.03 bits per heavy atom. The molecular formula is C19H23F3N4O5S. The number of hydrogen-bond acceptors (Lipinski definition) is 7. The van der Waals surface area contributed by atoms with Crippen molar-refractivity contribution in [2.45, 2.75) is 38.5 Å². The molecule has 0 radical (unpaired) electrons. The maximum atomic E-state index is 12.9. The van der Waals surface area contributed by atoms with Crippen molar-refractivity contribution in [1.29, 1.82) is 0 Å². The molecule has 1 aliphatic heterocycles. The number of rotatable bonds is 6. The zero-order valence-electron chi connectivity index (χ0n) is 17.4. The molecule has 2 aromatic rings. The van der Waals surface area contributed by atoms with Crippen molar-refractivity contribution in [2.24, 2.45) is 0 Å². The summed E-state index contributed by atoms with van der Waals surface area (Å²) >= 11 is 0. The van der Waals surface area contributed by atoms with Crippen molar-refractivity contribution in [3.63, 3.8) is 0 Å². The van der Waals surface area contributed by atoms with E-state index in [4.69, 9.17) is 9.15 Å². The predicted octanol–water partition coefficient (Wildman–Crippen LogP) is 3.22. The van der Waals surface area contributed by atoms with Crippen molar-refractivity contribution in [3.8, 4) is 0 Å². The van der Waals surface area contributed by atoms with Crippen LogP contribution in [0.4, 0.5) is 24.9 Å². The second kappa shape index (κ2) is 9.46. The van der Waals surface area contributed by atoms with Crippen LogP contribution in [0.3, 0.4) is 0 Å². The molecule has 13 heteroatoms. The molecule has 1 unspecified atom stereocenters. The molecule has 0 bridgehead atoms. The summed E-state index contributed by atoms with van der Waals surface area (Å²) in [6.45, 7) is 2.02. The van der Waals surface area contributed by atoms with Crippen LogP contribution in [-0.4, -0.2) is 49.9 Å². The minimum Gasteiger partial charge on any atom is -0.431 e. The van der Waals surface area contributed by atoms with E-state index in [9.17, 15) is 26.4 Å². The molecule has 2 heterocycles. The second-order valence-electron chi connectivity index (χ2n) is 7.31. The quantitative estimate of drug-likeness (QED) is 0.658. The lowest BCUT2D eigenvalue weighted by molar-refractivity contribution is -0.137. The molecule has 32 heavy (non-hydrogen) atoms. The molecule has 1 amide bonds. The van der Waals surface area contributed by atoms with E-state index in [0.717, 1.165) is 22.7 Å². The third-order valence-electron chi connectivity index (χ3n) is 5.07. The zero-order valence-corrected chi connectivity index (χ0v) is 18.2. The van der Waals surface area contributed by atoms with Gasteiger partial charge >= 0.3 is 16.4 Å². The van der Waals surface area contributed by atoms with Gasteiger partial charge in [0.05, 0.1) is 11.7 Å². The highest BCUT2D eigenvalue weighted by atomic mass is 32.2. The summed E-state index contributed by atoms with van der Waals surface area (Å²) in [6.07, 6.45) is -1.86. The Morgan fingerprint density at radius 3 is 2.72 bits per heavy atom. The number of anilines is 2. The van der Waals surface area contributed by atoms with Gasteiger partial charge in [-0.3, -0.25) is 4.79 Å². The number of methoxy groups -OCH3 is 1. The van der Waals surface area contributed by atoms with Crippen LogP contribution in [0.1, 0.15) is 40.9 Å². The van der Waals surface area contributed by atoms with E-state index in [-0.39, 0.29) is 36.6 Å². The summed E-state index contributed by atoms with van der Waals surface area (Å²) in [7, 11) is -2.55. The van der Waals surface area contributed by atoms with Gasteiger partial charge in [-0.15, -0.1) is 0 Å². The van der Waals surface area contributed by atoms with Gasteiger partial charge in [0, 0.05) is 25.9 Å². The lowest BCUT2D eigenvalue weighted by Crippen LogP contribution is -2.44. The first-order chi connectivity index (χ1) is 15.0. The fourth-order valence-electron chi connectivity index (χ4n) is 3.23. The van der Waals surface area contributed by atoms with E-state index in [0.29, 0.717) is 24.8 Å². The normalized spacial score (nSPS) is 18.2. The van der Waals surface area contributed by atoms with Crippen LogP contribution in [0.5, 0.6) is 0 Å². The van der Waals surface area contributed by atoms with Crippen LogP contribution < -0.4 is 10.0 Å². The van der Waals surface area contributed by atoms with Gasteiger partial charge in [-0.1, -0.05) is 6.07 Å². The van der Waals surface area contributed by atoms with E-state index >= 15 is 0 Å². The van der Waals surface area contributed by atoms with Gasteiger partial charge in [0.1, 0.15) is 6.26 Å². The zero-order chi connectivity index (χ0) is 23.5. The van der Waals surface area contributed by atoms with Gasteiger partial charge in [-0.05, 0) is 43.9 Å². The Balaban J connectivity index is 1.68. The van der Waals surface area contributed by atoms with Crippen molar-refractivity contribution in [1.82, 2.24) is 14.0 Å². The number of amides is 1. The lowest BCUT2D eigenvalue weighted by Gasteiger charge is -2.19. The monoisotopic (exact) mass is 476 g/mol. The molecule has 9 nitrogen and oxygen atoms in total. The van der Waals surface area contributed by atoms with Gasteiger partial charge < -0.3 is 14.5 Å². The summed E-state index contributed by atoms with van der Waals surface area (Å²) < 4.78 is 77.4. The third-order valence-corrected chi connectivity index (χ3v) is 6.56. The van der Waals surface area contributed by atoms with E-state index in [1.165, 1.54) is 6.07 Å². The number of halogens is 3. The standard InChI is InChI=1S/C19H23F3N4O5S/c1-12-5-6-13(19(20,21)22)10-15(12)23-18-24-16(11-31-18)17(27)25-32(28,29)26-8-3-4-14(30-2)7-9-26/h5-6,10-11,14H,3-4,7-9H2,1-2H3,(H,23,24)(H,25,27). The number of nitrogens with one attached hydrogen (secondary N) is 2. The average Bonchev–Trinajstić information content (AvgIpc) is 3.03. The lowest BCUT2D eigenvalue weighted by atomic mass is 10.1. The van der Waals surface area contributed by atoms with Gasteiger partial charge in [0.25, 0.3) is 11.9 Å². The molecular weight excluding hydrogens is 453 g/mol. The highest BCUT2D eigenvalue weighted by Gasteiger charge is 2.31. The molecule has 1 fully saturated rings. The minimum absolute atomic E-state index is 0.0469. The van der Waals surface area contributed by atoms with E-state index < -0.39 is 27.9 Å². The average molecular weight is 476 g/mol. The fourth-order valence-corrected chi connectivity index (χ4v) is 4.42. The summed E-state index contributed by atoms with van der Waals surface area (Å²) in [6, 6.07) is 2.85. The summed E-state index contributed by atoms with van der Waals surface area (Å²) in [5, 5.41) is 2.57. The summed E-state index contributed by atoms with van der Waals surface area (Å²) in [5.41, 5.74) is -0.640. The number of nitrogens with zero attached hydrogens (tertiary/aromatic N) is 2. The van der Waals surface area contributed by atoms with Crippen LogP contribution >= 0.6 is 0 Å². The number of aryl methyl sites for hydroxylation is 1. The largest absolute Gasteiger partial charge is 0.431 e. The Kier molecular flexibility index (Phi) is 7.10. The molecule has 176 valence electrons. The van der Waals surface area contributed by atoms with Crippen molar-refractivity contribution >= 4 is 27.8 Å². The predicted molar refractivity (Wildman–Crippen MR) is 109 cm³/mol. The summed E-state index contributed by atoms with van der Waals surface area (Å²) in [4.78, 5) is 16.2. The second-order valence-corrected chi connectivity index (χ2v) is 8.98. The molecule has 1 atom stereocenters. The molecule has 1 saturated heterocycles. The van der Waals surface area contributed by atoms with E-state index in [1.54, 1.807) is 14.0 Å². The molecule has 1 aromatic heterocycles. The molecule has 1 aliphatic rings. The van der Waals surface area contributed by atoms with E-state index in [2.05, 4.69) is 10.3 Å². The summed E-state index contributed by atoms with van der Waals surface area (Å²) in [5.74, 6) is -1.02. The van der Waals surface area contributed by atoms with Crippen LogP contribution in [0.15, 0.2) is 28.9 Å². The highest BCUT2D eigenvalue weighted by molar-refractivity contribution is 7.87. The number of ether oxygens (including phenoxy) is 1. The fraction of sp³-hybridized carbons (Fsp3) is 0.474. The van der Waals surface area contributed by atoms with Crippen molar-refractivity contribution < 1.29 is 35.5 Å². The van der Waals surface area contributed by atoms with Gasteiger partial charge in [-0.25, -0.2) is 4.72 Å². The number of hydrogen-bond donors (Lipinski definition) is 2. The van der Waals surface area contributed by atoms with Gasteiger partial charge in [0.15, 0.2) is 5.69 Å². The maximum absolute atomic E-state index is 12.9. The molecule has 2 N–H and O–H groups in total. The third kappa shape index (κ3) is 5.78. The number of carbonyl (C=O) groups excluding carboxylic acids is 1. The molecule has 3 rings (SSSR count). The van der Waals surface area contributed by atoms with Gasteiger partial charge in [0.2, 0.25) is 0 Å². The highest BCUT2D eigenvalue weighted by Crippen LogP contribution is 2.33. The van der Waals surface area contributed by atoms with Crippen molar-refractivity contribution in [2.75, 3.05) is 25.5 Å². The Morgan fingerprint density at radius 1 is 1.28 bits per heavy atom. The number of alkyl halides is 3. The minimum atomic E-state index is -4.53. The van der Waals surface area contributed by atoms with Crippen LogP contribution in [-0.2, 0) is 21.1 Å². The maximum Gasteiger partial charge on any atom is 0.416 e. The topological polar surface area (TPSA) is 114 Å². The van der Waals surface area contributed by atoms with E-state index in [1.807, 2.05) is 4.72 Å². The Hall–Kier alpha value is -2.64. The molecule has 1 aromatic carbocycles.